The molecule has 4 aromatic rings. The summed E-state index contributed by atoms with van der Waals surface area (Å²) in [6.45, 7) is 8.78. The molecule has 1 saturated carbocycles. The third-order valence-electron chi connectivity index (χ3n) is 6.30. The van der Waals surface area contributed by atoms with Crippen molar-refractivity contribution >= 4 is 33.9 Å². The Hall–Kier alpha value is -3.77. The molecular formula is C27H28ClFN8. The molecule has 37 heavy (non-hydrogen) atoms. The number of aryl methyl sites for hydroxylation is 1. The normalized spacial score (nSPS) is 14.4. The van der Waals surface area contributed by atoms with E-state index < -0.39 is 12.0 Å². The Morgan fingerprint density at radius 1 is 1.27 bits per heavy atom. The topological polar surface area (TPSA) is 104 Å². The molecule has 0 spiro atoms. The first-order valence-corrected chi connectivity index (χ1v) is 12.6. The Balaban J connectivity index is 1.60. The van der Waals surface area contributed by atoms with Crippen LogP contribution in [0.25, 0.3) is 10.9 Å². The van der Waals surface area contributed by atoms with E-state index in [2.05, 4.69) is 57.8 Å². The average Bonchev–Trinajstić information content (AvgIpc) is 3.57. The van der Waals surface area contributed by atoms with Crippen molar-refractivity contribution in [2.45, 2.75) is 52.6 Å². The van der Waals surface area contributed by atoms with Crippen molar-refractivity contribution in [2.24, 2.45) is 5.41 Å². The number of anilines is 2. The van der Waals surface area contributed by atoms with Gasteiger partial charge < -0.3 is 10.6 Å². The Kier molecular flexibility index (Phi) is 6.46. The van der Waals surface area contributed by atoms with Gasteiger partial charge in [-0.1, -0.05) is 43.7 Å². The lowest BCUT2D eigenvalue weighted by Crippen LogP contribution is -2.20. The van der Waals surface area contributed by atoms with E-state index in [1.807, 2.05) is 16.9 Å². The lowest BCUT2D eigenvalue weighted by molar-refractivity contribution is 0.443. The maximum atomic E-state index is 13.8. The monoisotopic (exact) mass is 518 g/mol. The highest BCUT2D eigenvalue weighted by Gasteiger charge is 2.28. The van der Waals surface area contributed by atoms with Crippen molar-refractivity contribution in [1.82, 2.24) is 25.0 Å². The van der Waals surface area contributed by atoms with Crippen LogP contribution < -0.4 is 10.6 Å². The number of nitrogens with one attached hydrogen (secondary N) is 2. The van der Waals surface area contributed by atoms with Gasteiger partial charge in [0.05, 0.1) is 40.1 Å². The van der Waals surface area contributed by atoms with E-state index in [0.717, 1.165) is 23.8 Å². The van der Waals surface area contributed by atoms with Gasteiger partial charge in [0.15, 0.2) is 0 Å². The van der Waals surface area contributed by atoms with Crippen molar-refractivity contribution < 1.29 is 4.39 Å². The summed E-state index contributed by atoms with van der Waals surface area (Å²) in [5, 5.41) is 26.6. The number of halogens is 2. The zero-order valence-electron chi connectivity index (χ0n) is 21.2. The van der Waals surface area contributed by atoms with Gasteiger partial charge in [0, 0.05) is 35.1 Å². The van der Waals surface area contributed by atoms with Gasteiger partial charge in [-0.05, 0) is 43.4 Å². The van der Waals surface area contributed by atoms with Crippen LogP contribution in [0.3, 0.4) is 0 Å². The molecule has 1 aromatic carbocycles. The molecule has 8 nitrogen and oxygen atoms in total. The highest BCUT2D eigenvalue weighted by atomic mass is 35.5. The SMILES string of the molecule is Cc1nc(F)ccc1C(Nc1cc(Cl)c2ncc(C#N)c(NCC(C)(C)C)c2c1)c1cn(C2CC2)nn1. The summed E-state index contributed by atoms with van der Waals surface area (Å²) < 4.78 is 15.7. The summed E-state index contributed by atoms with van der Waals surface area (Å²) in [6, 6.07) is 8.92. The van der Waals surface area contributed by atoms with E-state index in [0.29, 0.717) is 51.5 Å². The van der Waals surface area contributed by atoms with Crippen molar-refractivity contribution in [1.29, 1.82) is 5.26 Å². The zero-order chi connectivity index (χ0) is 26.3. The number of fused-ring (bicyclic) bond motifs is 1. The Labute approximate surface area is 219 Å². The van der Waals surface area contributed by atoms with Crippen LogP contribution >= 0.6 is 11.6 Å². The Morgan fingerprint density at radius 2 is 2.05 bits per heavy atom. The van der Waals surface area contributed by atoms with E-state index in [1.54, 1.807) is 25.3 Å². The number of benzene rings is 1. The minimum Gasteiger partial charge on any atom is -0.383 e. The lowest BCUT2D eigenvalue weighted by atomic mass is 9.96. The first kappa shape index (κ1) is 24.9. The molecule has 1 unspecified atom stereocenters. The fraction of sp³-hybridized carbons (Fsp3) is 0.370. The number of hydrogen-bond acceptors (Lipinski definition) is 7. The highest BCUT2D eigenvalue weighted by molar-refractivity contribution is 6.35. The summed E-state index contributed by atoms with van der Waals surface area (Å²) >= 11 is 6.69. The molecule has 0 aliphatic heterocycles. The quantitative estimate of drug-likeness (QED) is 0.281. The molecular weight excluding hydrogens is 491 g/mol. The number of aromatic nitrogens is 5. The van der Waals surface area contributed by atoms with E-state index in [-0.39, 0.29) is 5.41 Å². The van der Waals surface area contributed by atoms with Crippen LogP contribution in [0.1, 0.15) is 68.2 Å². The van der Waals surface area contributed by atoms with E-state index >= 15 is 0 Å². The number of nitriles is 1. The van der Waals surface area contributed by atoms with Crippen LogP contribution in [0.2, 0.25) is 5.02 Å². The second-order valence-corrected chi connectivity index (χ2v) is 11.1. The summed E-state index contributed by atoms with van der Waals surface area (Å²) in [7, 11) is 0. The van der Waals surface area contributed by atoms with Gasteiger partial charge in [0.25, 0.3) is 0 Å². The molecule has 0 amide bonds. The Morgan fingerprint density at radius 3 is 2.73 bits per heavy atom. The van der Waals surface area contributed by atoms with Gasteiger partial charge >= 0.3 is 0 Å². The van der Waals surface area contributed by atoms with Crippen LogP contribution in [0.4, 0.5) is 15.8 Å². The Bertz CT molecular complexity index is 1510. The second-order valence-electron chi connectivity index (χ2n) is 10.7. The maximum Gasteiger partial charge on any atom is 0.213 e. The van der Waals surface area contributed by atoms with E-state index in [4.69, 9.17) is 11.6 Å². The van der Waals surface area contributed by atoms with E-state index in [1.165, 1.54) is 6.07 Å². The molecule has 0 saturated heterocycles. The molecule has 10 heteroatoms. The fourth-order valence-corrected chi connectivity index (χ4v) is 4.50. The standard InChI is InChI=1S/C27H28ClFN8/c1-15-19(7-8-23(29)33-15)26(22-13-37(36-35-22)18-5-6-18)34-17-9-20-24(32-14-27(2,3)4)16(11-30)12-31-25(20)21(28)10-17/h7-10,12-13,18,26,34H,5-6,14H2,1-4H3,(H,31,32). The molecule has 1 aliphatic rings. The molecule has 0 bridgehead atoms. The fourth-order valence-electron chi connectivity index (χ4n) is 4.24. The van der Waals surface area contributed by atoms with Crippen LogP contribution in [-0.2, 0) is 0 Å². The highest BCUT2D eigenvalue weighted by Crippen LogP contribution is 2.38. The van der Waals surface area contributed by atoms with Gasteiger partial charge in [0.1, 0.15) is 11.8 Å². The number of nitrogens with zero attached hydrogens (tertiary/aromatic N) is 6. The lowest BCUT2D eigenvalue weighted by Gasteiger charge is -2.23. The smallest absolute Gasteiger partial charge is 0.213 e. The molecule has 3 heterocycles. The number of rotatable bonds is 7. The first-order valence-electron chi connectivity index (χ1n) is 12.2. The molecule has 1 fully saturated rings. The average molecular weight is 519 g/mol. The van der Waals surface area contributed by atoms with Gasteiger partial charge in [-0.3, -0.25) is 4.98 Å². The maximum absolute atomic E-state index is 13.8. The molecule has 3 aromatic heterocycles. The van der Waals surface area contributed by atoms with Crippen molar-refractivity contribution in [3.63, 3.8) is 0 Å². The molecule has 0 radical (unpaired) electrons. The van der Waals surface area contributed by atoms with Crippen molar-refractivity contribution in [3.05, 3.63) is 70.1 Å². The molecule has 2 N–H and O–H groups in total. The van der Waals surface area contributed by atoms with Gasteiger partial charge in [-0.2, -0.15) is 9.65 Å². The third kappa shape index (κ3) is 5.35. The molecule has 190 valence electrons. The predicted octanol–water partition coefficient (Wildman–Crippen LogP) is 6.19. The van der Waals surface area contributed by atoms with Crippen LogP contribution in [-0.4, -0.2) is 31.5 Å². The molecule has 1 aliphatic carbocycles. The predicted molar refractivity (Wildman–Crippen MR) is 142 cm³/mol. The minimum absolute atomic E-state index is 0.00639. The summed E-state index contributed by atoms with van der Waals surface area (Å²) in [6.07, 6.45) is 5.62. The van der Waals surface area contributed by atoms with Crippen LogP contribution in [0.5, 0.6) is 0 Å². The minimum atomic E-state index is -0.542. The first-order chi connectivity index (χ1) is 17.6. The summed E-state index contributed by atoms with van der Waals surface area (Å²) in [5.74, 6) is -0.542. The van der Waals surface area contributed by atoms with Crippen LogP contribution in [0, 0.1) is 29.6 Å². The van der Waals surface area contributed by atoms with Crippen molar-refractivity contribution in [2.75, 3.05) is 17.2 Å². The second kappa shape index (κ2) is 9.60. The van der Waals surface area contributed by atoms with Crippen molar-refractivity contribution in [3.8, 4) is 6.07 Å². The van der Waals surface area contributed by atoms with Gasteiger partial charge in [-0.25, -0.2) is 9.67 Å². The van der Waals surface area contributed by atoms with Gasteiger partial charge in [0.2, 0.25) is 5.95 Å². The largest absolute Gasteiger partial charge is 0.383 e. The van der Waals surface area contributed by atoms with Gasteiger partial charge in [-0.15, -0.1) is 5.10 Å². The third-order valence-corrected chi connectivity index (χ3v) is 6.59. The van der Waals surface area contributed by atoms with E-state index in [9.17, 15) is 9.65 Å². The van der Waals surface area contributed by atoms with Crippen LogP contribution in [0.15, 0.2) is 36.7 Å². The molecule has 1 atom stereocenters. The number of hydrogen-bond donors (Lipinski definition) is 2. The number of pyridine rings is 2. The summed E-state index contributed by atoms with van der Waals surface area (Å²) in [4.78, 5) is 8.47. The zero-order valence-corrected chi connectivity index (χ0v) is 21.9. The summed E-state index contributed by atoms with van der Waals surface area (Å²) in [5.41, 5.74) is 4.42. The molecule has 5 rings (SSSR count).